The van der Waals surface area contributed by atoms with Gasteiger partial charge in [-0.25, -0.2) is 0 Å². The van der Waals surface area contributed by atoms with E-state index in [4.69, 9.17) is 0 Å². The van der Waals surface area contributed by atoms with Crippen LogP contribution in [0.3, 0.4) is 0 Å². The van der Waals surface area contributed by atoms with Crippen LogP contribution in [0.4, 0.5) is 0 Å². The van der Waals surface area contributed by atoms with Crippen molar-refractivity contribution < 1.29 is 0 Å². The van der Waals surface area contributed by atoms with Gasteiger partial charge >= 0.3 is 0 Å². The molecule has 10 rings (SSSR count). The fraction of sp³-hybridized carbons (Fsp3) is 0.0417. The summed E-state index contributed by atoms with van der Waals surface area (Å²) in [6.45, 7) is 0. The minimum atomic E-state index is 0.333. The van der Waals surface area contributed by atoms with Gasteiger partial charge in [-0.05, 0) is 115 Å². The van der Waals surface area contributed by atoms with E-state index < -0.39 is 0 Å². The summed E-state index contributed by atoms with van der Waals surface area (Å²) in [6, 6.07) is 60.2. The molecule has 8 aromatic carbocycles. The van der Waals surface area contributed by atoms with Gasteiger partial charge in [0, 0.05) is 22.4 Å². The van der Waals surface area contributed by atoms with Crippen LogP contribution in [-0.4, -0.2) is 4.57 Å². The van der Waals surface area contributed by atoms with Crippen molar-refractivity contribution in [3.8, 4) is 16.8 Å². The van der Waals surface area contributed by atoms with Crippen molar-refractivity contribution >= 4 is 59.7 Å². The Balaban J connectivity index is 1.02. The number of para-hydroxylation sites is 2. The Bertz CT molecular complexity index is 2790. The summed E-state index contributed by atoms with van der Waals surface area (Å²) in [5, 5.41) is 10.3. The van der Waals surface area contributed by atoms with Crippen molar-refractivity contribution in [3.63, 3.8) is 0 Å². The van der Waals surface area contributed by atoms with Gasteiger partial charge in [-0.15, -0.1) is 0 Å². The van der Waals surface area contributed by atoms with Crippen molar-refractivity contribution in [1.82, 2.24) is 4.57 Å². The first-order chi connectivity index (χ1) is 24.3. The minimum absolute atomic E-state index is 0.333. The predicted octanol–water partition coefficient (Wildman–Crippen LogP) is 13.0. The highest BCUT2D eigenvalue weighted by Crippen LogP contribution is 2.40. The summed E-state index contributed by atoms with van der Waals surface area (Å²) < 4.78 is 2.38. The molecule has 0 amide bonds. The number of nitrogens with zero attached hydrogens (tertiary/aromatic N) is 1. The molecule has 1 heterocycles. The quantitative estimate of drug-likeness (QED) is 0.172. The third-order valence-electron chi connectivity index (χ3n) is 10.5. The van der Waals surface area contributed by atoms with E-state index in [0.29, 0.717) is 5.92 Å². The lowest BCUT2D eigenvalue weighted by Crippen LogP contribution is -1.99. The Morgan fingerprint density at radius 1 is 0.449 bits per heavy atom. The number of rotatable bonds is 4. The monoisotopic (exact) mass is 623 g/mol. The molecular weight excluding hydrogens is 591 g/mol. The first-order valence-electron chi connectivity index (χ1n) is 17.2. The SMILES string of the molecule is C1=CC(c2ccc3c(-c4ccc5ccccc5c4)cc4ccccc4c3c2)CC=C1c1ccc2c(c1)c1ccccc1n2-c1ccccc1. The molecule has 1 aliphatic rings. The third kappa shape index (κ3) is 4.62. The lowest BCUT2D eigenvalue weighted by Gasteiger charge is -2.19. The van der Waals surface area contributed by atoms with Crippen LogP contribution in [0.1, 0.15) is 23.5 Å². The Hall–Kier alpha value is -6.18. The molecular formula is C48H33N. The molecule has 0 spiro atoms. The Kier molecular flexibility index (Phi) is 6.38. The number of aromatic nitrogens is 1. The highest BCUT2D eigenvalue weighted by molar-refractivity contribution is 6.14. The highest BCUT2D eigenvalue weighted by atomic mass is 15.0. The maximum atomic E-state index is 2.44. The number of allylic oxidation sites excluding steroid dienone is 4. The fourth-order valence-corrected chi connectivity index (χ4v) is 8.04. The van der Waals surface area contributed by atoms with Crippen molar-refractivity contribution in [2.24, 2.45) is 0 Å². The summed E-state index contributed by atoms with van der Waals surface area (Å²) in [7, 11) is 0. The Labute approximate surface area is 285 Å². The van der Waals surface area contributed by atoms with Gasteiger partial charge in [-0.3, -0.25) is 0 Å². The van der Waals surface area contributed by atoms with Gasteiger partial charge in [0.25, 0.3) is 0 Å². The molecule has 0 fully saturated rings. The van der Waals surface area contributed by atoms with E-state index in [-0.39, 0.29) is 0 Å². The van der Waals surface area contributed by atoms with Gasteiger partial charge < -0.3 is 4.57 Å². The first kappa shape index (κ1) is 27.9. The zero-order valence-electron chi connectivity index (χ0n) is 27.1. The van der Waals surface area contributed by atoms with Gasteiger partial charge in [0.2, 0.25) is 0 Å². The molecule has 0 N–H and O–H groups in total. The van der Waals surface area contributed by atoms with Crippen LogP contribution >= 0.6 is 0 Å². The molecule has 1 atom stereocenters. The average molecular weight is 624 g/mol. The summed E-state index contributed by atoms with van der Waals surface area (Å²) in [5.41, 5.74) is 10.1. The Morgan fingerprint density at radius 3 is 2.04 bits per heavy atom. The number of hydrogen-bond donors (Lipinski definition) is 0. The summed E-state index contributed by atoms with van der Waals surface area (Å²) in [4.78, 5) is 0. The minimum Gasteiger partial charge on any atom is -0.309 e. The molecule has 0 bridgehead atoms. The van der Waals surface area contributed by atoms with E-state index in [1.807, 2.05) is 0 Å². The smallest absolute Gasteiger partial charge is 0.0541 e. The van der Waals surface area contributed by atoms with Gasteiger partial charge in [0.15, 0.2) is 0 Å². The second-order valence-corrected chi connectivity index (χ2v) is 13.3. The van der Waals surface area contributed by atoms with E-state index in [9.17, 15) is 0 Å². The maximum absolute atomic E-state index is 2.44. The largest absolute Gasteiger partial charge is 0.309 e. The van der Waals surface area contributed by atoms with Crippen LogP contribution in [0.5, 0.6) is 0 Å². The van der Waals surface area contributed by atoms with Gasteiger partial charge in [-0.2, -0.15) is 0 Å². The van der Waals surface area contributed by atoms with Crippen molar-refractivity contribution in [2.45, 2.75) is 12.3 Å². The van der Waals surface area contributed by atoms with Gasteiger partial charge in [0.1, 0.15) is 0 Å². The topological polar surface area (TPSA) is 4.93 Å². The molecule has 1 aliphatic carbocycles. The molecule has 230 valence electrons. The lowest BCUT2D eigenvalue weighted by molar-refractivity contribution is 0.858. The zero-order chi connectivity index (χ0) is 32.3. The van der Waals surface area contributed by atoms with Gasteiger partial charge in [-0.1, -0.05) is 133 Å². The maximum Gasteiger partial charge on any atom is 0.0541 e. The Morgan fingerprint density at radius 2 is 1.18 bits per heavy atom. The second-order valence-electron chi connectivity index (χ2n) is 13.3. The molecule has 1 heteroatoms. The second kappa shape index (κ2) is 11.2. The van der Waals surface area contributed by atoms with Crippen LogP contribution in [0.2, 0.25) is 0 Å². The predicted molar refractivity (Wildman–Crippen MR) is 210 cm³/mol. The molecule has 0 aliphatic heterocycles. The summed E-state index contributed by atoms with van der Waals surface area (Å²) in [5.74, 6) is 0.333. The van der Waals surface area contributed by atoms with Gasteiger partial charge in [0.05, 0.1) is 11.0 Å². The van der Waals surface area contributed by atoms with E-state index in [2.05, 4.69) is 187 Å². The van der Waals surface area contributed by atoms with E-state index >= 15 is 0 Å². The van der Waals surface area contributed by atoms with Crippen LogP contribution < -0.4 is 0 Å². The van der Waals surface area contributed by atoms with E-state index in [1.54, 1.807) is 0 Å². The molecule has 0 saturated carbocycles. The molecule has 0 saturated heterocycles. The van der Waals surface area contributed by atoms with Crippen LogP contribution in [0, 0.1) is 0 Å². The van der Waals surface area contributed by atoms with Crippen molar-refractivity contribution in [1.29, 1.82) is 0 Å². The first-order valence-corrected chi connectivity index (χ1v) is 17.2. The molecule has 49 heavy (non-hydrogen) atoms. The van der Waals surface area contributed by atoms with Crippen molar-refractivity contribution in [3.05, 3.63) is 193 Å². The van der Waals surface area contributed by atoms with Crippen LogP contribution in [0.25, 0.3) is 76.5 Å². The number of fused-ring (bicyclic) bond motifs is 7. The van der Waals surface area contributed by atoms with Crippen LogP contribution in [-0.2, 0) is 0 Å². The molecule has 1 nitrogen and oxygen atoms in total. The molecule has 1 aromatic heterocycles. The molecule has 0 radical (unpaired) electrons. The van der Waals surface area contributed by atoms with E-state index in [1.165, 1.54) is 87.6 Å². The zero-order valence-corrected chi connectivity index (χ0v) is 27.1. The summed E-state index contributed by atoms with van der Waals surface area (Å²) in [6.07, 6.45) is 8.14. The number of benzene rings is 8. The third-order valence-corrected chi connectivity index (χ3v) is 10.5. The van der Waals surface area contributed by atoms with Crippen molar-refractivity contribution in [2.75, 3.05) is 0 Å². The standard InChI is InChI=1S/C48H33N/c1-2-13-40(14-3-1)49-47-17-9-8-16-43(47)46-30-37(25-27-48(46)49)34-20-18-33(19-21-34)36-24-26-42-44(31-38-12-6-7-15-41(38)45(42)29-36)39-23-22-32-10-4-5-11-35(32)28-39/h1-18,20-31,33H,19H2. The highest BCUT2D eigenvalue weighted by Gasteiger charge is 2.17. The average Bonchev–Trinajstić information content (AvgIpc) is 3.51. The molecule has 1 unspecified atom stereocenters. The molecule has 9 aromatic rings. The van der Waals surface area contributed by atoms with E-state index in [0.717, 1.165) is 6.42 Å². The lowest BCUT2D eigenvalue weighted by atomic mass is 9.85. The van der Waals surface area contributed by atoms with Crippen LogP contribution in [0.15, 0.2) is 182 Å². The normalized spacial score (nSPS) is 14.7. The summed E-state index contributed by atoms with van der Waals surface area (Å²) >= 11 is 0. The number of hydrogen-bond acceptors (Lipinski definition) is 0. The fourth-order valence-electron chi connectivity index (χ4n) is 8.04.